The van der Waals surface area contributed by atoms with E-state index in [1.807, 2.05) is 18.2 Å². The summed E-state index contributed by atoms with van der Waals surface area (Å²) in [5, 5.41) is 0.731. The number of halogens is 2. The lowest BCUT2D eigenvalue weighted by molar-refractivity contribution is 0.494. The van der Waals surface area contributed by atoms with Gasteiger partial charge in [0.15, 0.2) is 5.51 Å². The third-order valence-corrected chi connectivity index (χ3v) is 2.93. The molecule has 0 saturated carbocycles. The van der Waals surface area contributed by atoms with Crippen LogP contribution < -0.4 is 4.74 Å². The van der Waals surface area contributed by atoms with Gasteiger partial charge in [-0.1, -0.05) is 43.2 Å². The third-order valence-electron chi connectivity index (χ3n) is 1.42. The van der Waals surface area contributed by atoms with Gasteiger partial charge >= 0.3 is 0 Å². The van der Waals surface area contributed by atoms with Crippen molar-refractivity contribution in [3.63, 3.8) is 0 Å². The van der Waals surface area contributed by atoms with Crippen LogP contribution in [-0.4, -0.2) is 4.98 Å². The molecule has 0 N–H and O–H groups in total. The SMILES string of the molecule is Brc1cc(Br)cc(Oc2cn[c]s2)c1. The molecule has 0 fully saturated rings. The lowest BCUT2D eigenvalue weighted by Crippen LogP contribution is -1.80. The summed E-state index contributed by atoms with van der Waals surface area (Å²) in [5.74, 6) is 0.768. The van der Waals surface area contributed by atoms with Gasteiger partial charge in [-0.05, 0) is 18.2 Å². The Morgan fingerprint density at radius 2 is 1.93 bits per heavy atom. The molecule has 0 saturated heterocycles. The van der Waals surface area contributed by atoms with Crippen LogP contribution in [0.1, 0.15) is 0 Å². The average Bonchev–Trinajstić information content (AvgIpc) is 2.54. The first kappa shape index (κ1) is 10.1. The molecule has 0 aliphatic heterocycles. The normalized spacial score (nSPS) is 10.1. The third kappa shape index (κ3) is 2.56. The lowest BCUT2D eigenvalue weighted by atomic mass is 10.3. The van der Waals surface area contributed by atoms with Gasteiger partial charge in [-0.15, -0.1) is 0 Å². The number of ether oxygens (including phenoxy) is 1. The minimum atomic E-state index is 0.731. The van der Waals surface area contributed by atoms with Crippen LogP contribution in [-0.2, 0) is 0 Å². The van der Waals surface area contributed by atoms with Gasteiger partial charge in [0.1, 0.15) is 5.75 Å². The fraction of sp³-hybridized carbons (Fsp3) is 0. The lowest BCUT2D eigenvalue weighted by Gasteiger charge is -2.03. The summed E-state index contributed by atoms with van der Waals surface area (Å²) in [6.45, 7) is 0. The van der Waals surface area contributed by atoms with Gasteiger partial charge in [-0.25, -0.2) is 4.98 Å². The quantitative estimate of drug-likeness (QED) is 0.819. The zero-order chi connectivity index (χ0) is 9.97. The highest BCUT2D eigenvalue weighted by Gasteiger charge is 2.01. The Hall–Kier alpha value is -0.390. The summed E-state index contributed by atoms with van der Waals surface area (Å²) in [7, 11) is 0. The molecule has 0 aliphatic rings. The molecule has 1 heterocycles. The second-order valence-corrected chi connectivity index (χ2v) is 5.10. The predicted octanol–water partition coefficient (Wildman–Crippen LogP) is 4.26. The van der Waals surface area contributed by atoms with Crippen LogP contribution in [0.4, 0.5) is 0 Å². The highest BCUT2D eigenvalue weighted by atomic mass is 79.9. The van der Waals surface area contributed by atoms with Gasteiger partial charge in [-0.3, -0.25) is 0 Å². The minimum absolute atomic E-state index is 0.731. The number of hydrogen-bond donors (Lipinski definition) is 0. The van der Waals surface area contributed by atoms with Gasteiger partial charge in [-0.2, -0.15) is 0 Å². The van der Waals surface area contributed by atoms with Crippen LogP contribution in [0.25, 0.3) is 0 Å². The summed E-state index contributed by atoms with van der Waals surface area (Å²) in [6.07, 6.45) is 1.64. The topological polar surface area (TPSA) is 22.1 Å². The minimum Gasteiger partial charge on any atom is -0.445 e. The van der Waals surface area contributed by atoms with Crippen LogP contribution in [0.3, 0.4) is 0 Å². The van der Waals surface area contributed by atoms with Gasteiger partial charge in [0.05, 0.1) is 6.20 Å². The van der Waals surface area contributed by atoms with E-state index in [2.05, 4.69) is 42.4 Å². The van der Waals surface area contributed by atoms with Crippen molar-refractivity contribution in [1.82, 2.24) is 4.98 Å². The van der Waals surface area contributed by atoms with Crippen LogP contribution in [0, 0.1) is 5.51 Å². The van der Waals surface area contributed by atoms with E-state index >= 15 is 0 Å². The molecule has 0 unspecified atom stereocenters. The number of benzene rings is 1. The van der Waals surface area contributed by atoms with Crippen molar-refractivity contribution >= 4 is 43.2 Å². The number of rotatable bonds is 2. The highest BCUT2D eigenvalue weighted by molar-refractivity contribution is 9.11. The first-order valence-corrected chi connectivity index (χ1v) is 6.10. The Balaban J connectivity index is 2.25. The Labute approximate surface area is 102 Å². The first-order chi connectivity index (χ1) is 6.74. The number of nitrogens with zero attached hydrogens (tertiary/aromatic N) is 1. The Morgan fingerprint density at radius 3 is 2.50 bits per heavy atom. The van der Waals surface area contributed by atoms with E-state index in [1.54, 1.807) is 6.20 Å². The van der Waals surface area contributed by atoms with E-state index < -0.39 is 0 Å². The molecular formula is C9H4Br2NOS. The molecule has 5 heteroatoms. The van der Waals surface area contributed by atoms with Crippen LogP contribution in [0.5, 0.6) is 10.8 Å². The smallest absolute Gasteiger partial charge is 0.201 e. The molecule has 71 valence electrons. The maximum atomic E-state index is 5.54. The Bertz CT molecular complexity index is 410. The van der Waals surface area contributed by atoms with Crippen LogP contribution in [0.15, 0.2) is 33.3 Å². The van der Waals surface area contributed by atoms with Gasteiger partial charge in [0.25, 0.3) is 0 Å². The molecular weight excluding hydrogens is 330 g/mol. The Morgan fingerprint density at radius 1 is 1.21 bits per heavy atom. The van der Waals surface area contributed by atoms with E-state index in [-0.39, 0.29) is 0 Å². The van der Waals surface area contributed by atoms with Crippen molar-refractivity contribution in [2.24, 2.45) is 0 Å². The molecule has 0 atom stereocenters. The number of thiazole rings is 1. The molecule has 0 bridgehead atoms. The van der Waals surface area contributed by atoms with E-state index in [0.717, 1.165) is 19.8 Å². The first-order valence-electron chi connectivity index (χ1n) is 3.70. The van der Waals surface area contributed by atoms with Crippen molar-refractivity contribution in [1.29, 1.82) is 0 Å². The summed E-state index contributed by atoms with van der Waals surface area (Å²) in [5.41, 5.74) is 2.72. The van der Waals surface area contributed by atoms with Crippen molar-refractivity contribution in [2.75, 3.05) is 0 Å². The Kier molecular flexibility index (Phi) is 3.20. The van der Waals surface area contributed by atoms with E-state index in [0.29, 0.717) is 0 Å². The van der Waals surface area contributed by atoms with E-state index in [1.165, 1.54) is 11.3 Å². The molecule has 2 aromatic rings. The average molecular weight is 334 g/mol. The van der Waals surface area contributed by atoms with Gasteiger partial charge in [0.2, 0.25) is 5.06 Å². The summed E-state index contributed by atoms with van der Waals surface area (Å²) < 4.78 is 7.48. The zero-order valence-corrected chi connectivity index (χ0v) is 10.8. The fourth-order valence-corrected chi connectivity index (χ4v) is 2.62. The van der Waals surface area contributed by atoms with Crippen LogP contribution in [0.2, 0.25) is 0 Å². The van der Waals surface area contributed by atoms with Crippen LogP contribution >= 0.6 is 43.2 Å². The summed E-state index contributed by atoms with van der Waals surface area (Å²) in [6, 6.07) is 5.74. The van der Waals surface area contributed by atoms with E-state index in [9.17, 15) is 0 Å². The van der Waals surface area contributed by atoms with Crippen molar-refractivity contribution < 1.29 is 4.74 Å². The van der Waals surface area contributed by atoms with Crippen molar-refractivity contribution in [2.45, 2.75) is 0 Å². The molecule has 0 spiro atoms. The maximum absolute atomic E-state index is 5.54. The highest BCUT2D eigenvalue weighted by Crippen LogP contribution is 2.29. The molecule has 1 aromatic heterocycles. The van der Waals surface area contributed by atoms with Gasteiger partial charge < -0.3 is 4.74 Å². The second kappa shape index (κ2) is 4.42. The number of aromatic nitrogens is 1. The molecule has 1 aromatic carbocycles. The largest absolute Gasteiger partial charge is 0.445 e. The maximum Gasteiger partial charge on any atom is 0.201 e. The van der Waals surface area contributed by atoms with Crippen molar-refractivity contribution in [3.05, 3.63) is 38.9 Å². The molecule has 14 heavy (non-hydrogen) atoms. The molecule has 0 amide bonds. The van der Waals surface area contributed by atoms with Crippen molar-refractivity contribution in [3.8, 4) is 10.8 Å². The molecule has 0 aliphatic carbocycles. The second-order valence-electron chi connectivity index (χ2n) is 2.48. The zero-order valence-electron chi connectivity index (χ0n) is 6.83. The molecule has 2 nitrogen and oxygen atoms in total. The summed E-state index contributed by atoms with van der Waals surface area (Å²) >= 11 is 8.11. The van der Waals surface area contributed by atoms with Gasteiger partial charge in [0, 0.05) is 8.95 Å². The molecule has 2 rings (SSSR count). The monoisotopic (exact) mass is 332 g/mol. The standard InChI is InChI=1S/C9H4Br2NOS/c10-6-1-7(11)3-8(2-6)13-9-4-12-5-14-9/h1-4H. The number of hydrogen-bond acceptors (Lipinski definition) is 3. The summed E-state index contributed by atoms with van der Waals surface area (Å²) in [4.78, 5) is 3.81. The fourth-order valence-electron chi connectivity index (χ4n) is 0.928. The van der Waals surface area contributed by atoms with E-state index in [4.69, 9.17) is 4.74 Å². The molecule has 1 radical (unpaired) electrons. The predicted molar refractivity (Wildman–Crippen MR) is 62.9 cm³/mol.